The third-order valence-corrected chi connectivity index (χ3v) is 3.02. The van der Waals surface area contributed by atoms with Gasteiger partial charge in [-0.25, -0.2) is 4.79 Å². The van der Waals surface area contributed by atoms with Crippen LogP contribution in [0.15, 0.2) is 4.52 Å². The molecule has 0 spiro atoms. The van der Waals surface area contributed by atoms with E-state index in [2.05, 4.69) is 10.1 Å². The molecule has 1 fully saturated rings. The molecule has 0 aromatic carbocycles. The van der Waals surface area contributed by atoms with Gasteiger partial charge < -0.3 is 19.3 Å². The first kappa shape index (κ1) is 14.4. The Kier molecular flexibility index (Phi) is 4.33. The van der Waals surface area contributed by atoms with E-state index in [-0.39, 0.29) is 25.2 Å². The van der Waals surface area contributed by atoms with Gasteiger partial charge in [-0.1, -0.05) is 5.16 Å². The van der Waals surface area contributed by atoms with Crippen LogP contribution in [-0.2, 0) is 20.9 Å². The van der Waals surface area contributed by atoms with Gasteiger partial charge in [0.2, 0.25) is 5.91 Å². The van der Waals surface area contributed by atoms with Crippen molar-refractivity contribution >= 4 is 11.9 Å². The number of carboxylic acids is 1. The smallest absolute Gasteiger partial charge is 0.326 e. The third-order valence-electron chi connectivity index (χ3n) is 3.02. The second-order valence-corrected chi connectivity index (χ2v) is 4.77. The maximum absolute atomic E-state index is 12.0. The fourth-order valence-corrected chi connectivity index (χ4v) is 1.91. The Hall–Kier alpha value is -1.96. The fourth-order valence-electron chi connectivity index (χ4n) is 1.91. The number of hydrogen-bond donors (Lipinski definition) is 1. The van der Waals surface area contributed by atoms with Crippen molar-refractivity contribution in [2.75, 3.05) is 6.61 Å². The Balaban J connectivity index is 1.84. The maximum Gasteiger partial charge on any atom is 0.326 e. The third kappa shape index (κ3) is 3.53. The van der Waals surface area contributed by atoms with Crippen molar-refractivity contribution in [1.29, 1.82) is 0 Å². The SMILES string of the molecule is Cc1noc(COCC(=O)N(C2CC2)C(C)C(=O)O)n1. The number of carboxylic acid groups (broad SMARTS) is 1. The molecule has 1 aliphatic carbocycles. The van der Waals surface area contributed by atoms with Gasteiger partial charge in [0, 0.05) is 6.04 Å². The molecular weight excluding hydrogens is 266 g/mol. The van der Waals surface area contributed by atoms with Crippen LogP contribution in [0.25, 0.3) is 0 Å². The Labute approximate surface area is 115 Å². The van der Waals surface area contributed by atoms with Gasteiger partial charge in [-0.05, 0) is 26.7 Å². The summed E-state index contributed by atoms with van der Waals surface area (Å²) < 4.78 is 10.1. The van der Waals surface area contributed by atoms with Crippen LogP contribution >= 0.6 is 0 Å². The van der Waals surface area contributed by atoms with Gasteiger partial charge in [0.15, 0.2) is 5.82 Å². The van der Waals surface area contributed by atoms with Gasteiger partial charge in [-0.3, -0.25) is 4.79 Å². The molecule has 0 bridgehead atoms. The largest absolute Gasteiger partial charge is 0.480 e. The molecule has 1 amide bonds. The summed E-state index contributed by atoms with van der Waals surface area (Å²) in [5, 5.41) is 12.6. The topological polar surface area (TPSA) is 106 Å². The molecule has 0 saturated heterocycles. The van der Waals surface area contributed by atoms with Crippen LogP contribution in [0.2, 0.25) is 0 Å². The number of nitrogens with zero attached hydrogens (tertiary/aromatic N) is 3. The number of hydrogen-bond acceptors (Lipinski definition) is 6. The van der Waals surface area contributed by atoms with Crippen LogP contribution in [0.4, 0.5) is 0 Å². The molecule has 8 heteroatoms. The van der Waals surface area contributed by atoms with E-state index in [9.17, 15) is 9.59 Å². The van der Waals surface area contributed by atoms with Crippen molar-refractivity contribution < 1.29 is 24.0 Å². The fraction of sp³-hybridized carbons (Fsp3) is 0.667. The lowest BCUT2D eigenvalue weighted by molar-refractivity contribution is -0.152. The molecule has 110 valence electrons. The molecule has 0 aliphatic heterocycles. The van der Waals surface area contributed by atoms with Crippen molar-refractivity contribution in [2.45, 2.75) is 45.4 Å². The second kappa shape index (κ2) is 6.00. The average Bonchev–Trinajstić information content (AvgIpc) is 3.12. The molecule has 1 aromatic heterocycles. The molecule has 1 heterocycles. The zero-order valence-corrected chi connectivity index (χ0v) is 11.4. The van der Waals surface area contributed by atoms with Crippen LogP contribution < -0.4 is 0 Å². The van der Waals surface area contributed by atoms with Gasteiger partial charge >= 0.3 is 5.97 Å². The second-order valence-electron chi connectivity index (χ2n) is 4.77. The number of carbonyl (C=O) groups is 2. The van der Waals surface area contributed by atoms with E-state index in [0.29, 0.717) is 11.7 Å². The van der Waals surface area contributed by atoms with Gasteiger partial charge in [-0.15, -0.1) is 0 Å². The highest BCUT2D eigenvalue weighted by atomic mass is 16.5. The first-order chi connectivity index (χ1) is 9.49. The molecule has 0 radical (unpaired) electrons. The molecule has 1 saturated carbocycles. The predicted molar refractivity (Wildman–Crippen MR) is 65.7 cm³/mol. The quantitative estimate of drug-likeness (QED) is 0.770. The molecule has 1 aliphatic rings. The molecule has 1 atom stereocenters. The number of ether oxygens (including phenoxy) is 1. The summed E-state index contributed by atoms with van der Waals surface area (Å²) in [4.78, 5) is 28.4. The van der Waals surface area contributed by atoms with Gasteiger partial charge in [0.25, 0.3) is 5.89 Å². The maximum atomic E-state index is 12.0. The minimum atomic E-state index is -1.02. The van der Waals surface area contributed by atoms with E-state index in [1.165, 1.54) is 11.8 Å². The zero-order valence-electron chi connectivity index (χ0n) is 11.4. The molecular formula is C12H17N3O5. The average molecular weight is 283 g/mol. The molecule has 1 aromatic rings. The van der Waals surface area contributed by atoms with Gasteiger partial charge in [0.1, 0.15) is 19.3 Å². The number of amides is 1. The summed E-state index contributed by atoms with van der Waals surface area (Å²) in [7, 11) is 0. The minimum Gasteiger partial charge on any atom is -0.480 e. The molecule has 1 unspecified atom stereocenters. The van der Waals surface area contributed by atoms with E-state index < -0.39 is 12.0 Å². The van der Waals surface area contributed by atoms with E-state index in [4.69, 9.17) is 14.4 Å². The number of aliphatic carboxylic acids is 1. The molecule has 2 rings (SSSR count). The predicted octanol–water partition coefficient (Wildman–Crippen LogP) is 0.359. The van der Waals surface area contributed by atoms with E-state index in [1.807, 2.05) is 0 Å². The zero-order chi connectivity index (χ0) is 14.7. The summed E-state index contributed by atoms with van der Waals surface area (Å²) in [5.41, 5.74) is 0. The standard InChI is InChI=1S/C12H17N3O5/c1-7(12(17)18)15(9-3-4-9)11(16)6-19-5-10-13-8(2)14-20-10/h7,9H,3-6H2,1-2H3,(H,17,18). The van der Waals surface area contributed by atoms with Crippen molar-refractivity contribution in [2.24, 2.45) is 0 Å². The molecule has 1 N–H and O–H groups in total. The van der Waals surface area contributed by atoms with Crippen molar-refractivity contribution in [3.63, 3.8) is 0 Å². The van der Waals surface area contributed by atoms with E-state index >= 15 is 0 Å². The highest BCUT2D eigenvalue weighted by Gasteiger charge is 2.38. The van der Waals surface area contributed by atoms with Crippen LogP contribution in [0.3, 0.4) is 0 Å². The van der Waals surface area contributed by atoms with Crippen LogP contribution in [0.1, 0.15) is 31.5 Å². The number of rotatable bonds is 7. The Bertz CT molecular complexity index is 497. The Morgan fingerprint density at radius 3 is 2.75 bits per heavy atom. The van der Waals surface area contributed by atoms with Crippen LogP contribution in [0.5, 0.6) is 0 Å². The Morgan fingerprint density at radius 1 is 1.55 bits per heavy atom. The number of aromatic nitrogens is 2. The van der Waals surface area contributed by atoms with Crippen molar-refractivity contribution in [1.82, 2.24) is 15.0 Å². The summed E-state index contributed by atoms with van der Waals surface area (Å²) in [6.07, 6.45) is 1.68. The lowest BCUT2D eigenvalue weighted by atomic mass is 10.2. The summed E-state index contributed by atoms with van der Waals surface area (Å²) in [6, 6.07) is -0.827. The van der Waals surface area contributed by atoms with Crippen molar-refractivity contribution in [3.8, 4) is 0 Å². The minimum absolute atomic E-state index is 0.0165. The van der Waals surface area contributed by atoms with Crippen molar-refractivity contribution in [3.05, 3.63) is 11.7 Å². The summed E-state index contributed by atoms with van der Waals surface area (Å²) in [6.45, 7) is 3.02. The normalized spacial score (nSPS) is 15.9. The van der Waals surface area contributed by atoms with Gasteiger partial charge in [0.05, 0.1) is 0 Å². The number of aryl methyl sites for hydroxylation is 1. The molecule has 20 heavy (non-hydrogen) atoms. The first-order valence-electron chi connectivity index (χ1n) is 6.40. The lowest BCUT2D eigenvalue weighted by Gasteiger charge is -2.26. The monoisotopic (exact) mass is 283 g/mol. The summed E-state index contributed by atoms with van der Waals surface area (Å²) >= 11 is 0. The summed E-state index contributed by atoms with van der Waals surface area (Å²) in [5.74, 6) is -0.565. The molecule has 8 nitrogen and oxygen atoms in total. The van der Waals surface area contributed by atoms with Crippen LogP contribution in [-0.4, -0.2) is 50.7 Å². The first-order valence-corrected chi connectivity index (χ1v) is 6.40. The number of carbonyl (C=O) groups excluding carboxylic acids is 1. The van der Waals surface area contributed by atoms with E-state index in [1.54, 1.807) is 6.92 Å². The van der Waals surface area contributed by atoms with E-state index in [0.717, 1.165) is 12.8 Å². The highest BCUT2D eigenvalue weighted by molar-refractivity contribution is 5.84. The Morgan fingerprint density at radius 2 is 2.25 bits per heavy atom. The van der Waals surface area contributed by atoms with Gasteiger partial charge in [-0.2, -0.15) is 4.98 Å². The van der Waals surface area contributed by atoms with Crippen LogP contribution in [0, 0.1) is 6.92 Å². The lowest BCUT2D eigenvalue weighted by Crippen LogP contribution is -2.46. The highest BCUT2D eigenvalue weighted by Crippen LogP contribution is 2.28.